The van der Waals surface area contributed by atoms with E-state index in [4.69, 9.17) is 0 Å². The summed E-state index contributed by atoms with van der Waals surface area (Å²) in [4.78, 5) is 16.3. The molecule has 0 radical (unpaired) electrons. The first-order chi connectivity index (χ1) is 14.3. The highest BCUT2D eigenvalue weighted by Gasteiger charge is 2.37. The Morgan fingerprint density at radius 2 is 1.55 bits per heavy atom. The number of nitrogens with zero attached hydrogens (tertiary/aromatic N) is 1. The fourth-order valence-electron chi connectivity index (χ4n) is 6.47. The lowest BCUT2D eigenvalue weighted by Crippen LogP contribution is -2.49. The lowest BCUT2D eigenvalue weighted by Gasteiger charge is -2.42. The van der Waals surface area contributed by atoms with Crippen LogP contribution in [0.25, 0.3) is 5.57 Å². The topological polar surface area (TPSA) is 20.3 Å². The van der Waals surface area contributed by atoms with E-state index in [9.17, 15) is 4.79 Å². The zero-order valence-corrected chi connectivity index (χ0v) is 17.7. The van der Waals surface area contributed by atoms with Gasteiger partial charge < -0.3 is 4.90 Å². The third-order valence-corrected chi connectivity index (χ3v) is 7.85. The molecule has 1 unspecified atom stereocenters. The number of hydrogen-bond acceptors (Lipinski definition) is 1. The Bertz CT molecular complexity index is 790. The predicted molar refractivity (Wildman–Crippen MR) is 120 cm³/mol. The van der Waals surface area contributed by atoms with Crippen molar-refractivity contribution in [3.63, 3.8) is 0 Å². The van der Waals surface area contributed by atoms with Gasteiger partial charge in [0.05, 0.1) is 0 Å². The summed E-state index contributed by atoms with van der Waals surface area (Å²) < 4.78 is 0. The molecule has 154 valence electrons. The van der Waals surface area contributed by atoms with Crippen LogP contribution in [0.5, 0.6) is 0 Å². The van der Waals surface area contributed by atoms with E-state index < -0.39 is 0 Å². The lowest BCUT2D eigenvalue weighted by atomic mass is 9.86. The van der Waals surface area contributed by atoms with Gasteiger partial charge in [0, 0.05) is 24.4 Å². The number of carbonyl (C=O) groups excluding carboxylic acids is 1. The molecule has 4 aliphatic carbocycles. The third-order valence-electron chi connectivity index (χ3n) is 7.85. The van der Waals surface area contributed by atoms with Crippen molar-refractivity contribution in [3.05, 3.63) is 53.1 Å². The molecule has 1 atom stereocenters. The van der Waals surface area contributed by atoms with E-state index in [1.165, 1.54) is 86.5 Å². The molecule has 0 saturated heterocycles. The van der Waals surface area contributed by atoms with E-state index in [0.717, 1.165) is 12.8 Å². The van der Waals surface area contributed by atoms with E-state index in [-0.39, 0.29) is 5.92 Å². The highest BCUT2D eigenvalue weighted by atomic mass is 16.2. The zero-order valence-electron chi connectivity index (χ0n) is 17.7. The minimum atomic E-state index is 0.264. The number of hydrogen-bond donors (Lipinski definition) is 0. The number of rotatable bonds is 4. The molecule has 2 fully saturated rings. The van der Waals surface area contributed by atoms with Crippen LogP contribution in [-0.4, -0.2) is 22.9 Å². The second kappa shape index (κ2) is 8.50. The highest BCUT2D eigenvalue weighted by molar-refractivity contribution is 5.86. The van der Waals surface area contributed by atoms with Crippen molar-refractivity contribution >= 4 is 11.5 Å². The van der Waals surface area contributed by atoms with Gasteiger partial charge in [-0.2, -0.15) is 0 Å². The molecule has 0 aliphatic heterocycles. The standard InChI is InChI=1S/C27H35NO/c29-27(28(20-11-3-1-4-12-20)21-13-5-2-6-14-21)19-26-24-17-9-7-15-22(24)23-16-8-10-18-25(23)26/h7,9-10,15,17-18,20-21,26H,1-6,8,11-14,16,19H2. The molecule has 0 aromatic heterocycles. The molecule has 0 heterocycles. The number of benzene rings is 1. The van der Waals surface area contributed by atoms with Crippen LogP contribution in [0, 0.1) is 0 Å². The molecule has 2 saturated carbocycles. The minimum absolute atomic E-state index is 0.264. The first kappa shape index (κ1) is 19.2. The van der Waals surface area contributed by atoms with E-state index in [1.54, 1.807) is 0 Å². The van der Waals surface area contributed by atoms with E-state index in [0.29, 0.717) is 24.4 Å². The summed E-state index contributed by atoms with van der Waals surface area (Å²) in [5.41, 5.74) is 5.73. The number of amides is 1. The van der Waals surface area contributed by atoms with Gasteiger partial charge in [-0.25, -0.2) is 0 Å². The van der Waals surface area contributed by atoms with Crippen LogP contribution in [0.4, 0.5) is 0 Å². The van der Waals surface area contributed by atoms with E-state index >= 15 is 0 Å². The number of fused-ring (bicyclic) bond motifs is 2. The van der Waals surface area contributed by atoms with Crippen LogP contribution in [0.15, 0.2) is 42.0 Å². The maximum atomic E-state index is 13.9. The summed E-state index contributed by atoms with van der Waals surface area (Å²) in [5.74, 6) is 0.691. The van der Waals surface area contributed by atoms with Crippen molar-refractivity contribution < 1.29 is 4.79 Å². The van der Waals surface area contributed by atoms with Gasteiger partial charge in [0.2, 0.25) is 5.91 Å². The van der Waals surface area contributed by atoms with Crippen molar-refractivity contribution in [2.45, 2.75) is 101 Å². The maximum Gasteiger partial charge on any atom is 0.224 e. The van der Waals surface area contributed by atoms with Gasteiger partial charge in [-0.15, -0.1) is 0 Å². The summed E-state index contributed by atoms with van der Waals surface area (Å²) in [6.07, 6.45) is 20.3. The molecule has 2 nitrogen and oxygen atoms in total. The smallest absolute Gasteiger partial charge is 0.224 e. The summed E-state index contributed by atoms with van der Waals surface area (Å²) >= 11 is 0. The van der Waals surface area contributed by atoms with Gasteiger partial charge >= 0.3 is 0 Å². The molecule has 4 aliphatic rings. The van der Waals surface area contributed by atoms with Gasteiger partial charge in [-0.05, 0) is 60.8 Å². The Morgan fingerprint density at radius 1 is 0.897 bits per heavy atom. The zero-order chi connectivity index (χ0) is 19.6. The number of carbonyl (C=O) groups is 1. The van der Waals surface area contributed by atoms with Gasteiger partial charge in [0.15, 0.2) is 0 Å². The highest BCUT2D eigenvalue weighted by Crippen LogP contribution is 2.48. The molecule has 0 bridgehead atoms. The molecular weight excluding hydrogens is 354 g/mol. The van der Waals surface area contributed by atoms with Crippen LogP contribution < -0.4 is 0 Å². The van der Waals surface area contributed by atoms with Gasteiger partial charge in [0.25, 0.3) is 0 Å². The van der Waals surface area contributed by atoms with Crippen molar-refractivity contribution in [1.82, 2.24) is 4.90 Å². The van der Waals surface area contributed by atoms with Crippen LogP contribution in [0.3, 0.4) is 0 Å². The van der Waals surface area contributed by atoms with Crippen LogP contribution in [0.1, 0.15) is 101 Å². The first-order valence-corrected chi connectivity index (χ1v) is 12.1. The van der Waals surface area contributed by atoms with Crippen LogP contribution >= 0.6 is 0 Å². The molecule has 1 amide bonds. The van der Waals surface area contributed by atoms with Gasteiger partial charge in [0.1, 0.15) is 0 Å². The molecule has 0 N–H and O–H groups in total. The summed E-state index contributed by atoms with van der Waals surface area (Å²) in [6.45, 7) is 0. The molecule has 1 aromatic rings. The summed E-state index contributed by atoms with van der Waals surface area (Å²) in [5, 5.41) is 0. The molecule has 5 rings (SSSR count). The predicted octanol–water partition coefficient (Wildman–Crippen LogP) is 6.77. The Labute approximate surface area is 176 Å². The molecular formula is C27H35NO. The second-order valence-electron chi connectivity index (χ2n) is 9.60. The SMILES string of the molecule is O=C(CC1C2=C(CCC=C2)c2ccccc21)N(C1CCCCC1)C1CCCCC1. The third kappa shape index (κ3) is 3.71. The largest absolute Gasteiger partial charge is 0.337 e. The molecule has 1 aromatic carbocycles. The van der Waals surface area contributed by atoms with Crippen molar-refractivity contribution in [1.29, 1.82) is 0 Å². The maximum absolute atomic E-state index is 13.9. The van der Waals surface area contributed by atoms with Gasteiger partial charge in [-0.3, -0.25) is 4.79 Å². The first-order valence-electron chi connectivity index (χ1n) is 12.1. The quantitative estimate of drug-likeness (QED) is 0.556. The monoisotopic (exact) mass is 389 g/mol. The fourth-order valence-corrected chi connectivity index (χ4v) is 6.47. The Kier molecular flexibility index (Phi) is 5.61. The second-order valence-corrected chi connectivity index (χ2v) is 9.60. The van der Waals surface area contributed by atoms with Gasteiger partial charge in [-0.1, -0.05) is 74.9 Å². The fraction of sp³-hybridized carbons (Fsp3) is 0.593. The Hall–Kier alpha value is -1.83. The molecule has 0 spiro atoms. The van der Waals surface area contributed by atoms with Crippen molar-refractivity contribution in [2.24, 2.45) is 0 Å². The van der Waals surface area contributed by atoms with E-state index in [2.05, 4.69) is 41.3 Å². The van der Waals surface area contributed by atoms with Crippen molar-refractivity contribution in [2.75, 3.05) is 0 Å². The lowest BCUT2D eigenvalue weighted by molar-refractivity contribution is -0.138. The Morgan fingerprint density at radius 3 is 2.24 bits per heavy atom. The van der Waals surface area contributed by atoms with Crippen LogP contribution in [-0.2, 0) is 4.79 Å². The Balaban J connectivity index is 1.42. The van der Waals surface area contributed by atoms with Crippen molar-refractivity contribution in [3.8, 4) is 0 Å². The van der Waals surface area contributed by atoms with Crippen LogP contribution in [0.2, 0.25) is 0 Å². The molecule has 2 heteroatoms. The molecule has 29 heavy (non-hydrogen) atoms. The van der Waals surface area contributed by atoms with E-state index in [1.807, 2.05) is 0 Å². The average molecular weight is 390 g/mol. The summed E-state index contributed by atoms with van der Waals surface area (Å²) in [6, 6.07) is 9.83. The minimum Gasteiger partial charge on any atom is -0.337 e. The number of allylic oxidation sites excluding steroid dienone is 4. The average Bonchev–Trinajstić information content (AvgIpc) is 3.09. The summed E-state index contributed by atoms with van der Waals surface area (Å²) in [7, 11) is 0. The normalized spacial score (nSPS) is 25.0.